The highest BCUT2D eigenvalue weighted by Crippen LogP contribution is 2.45. The van der Waals surface area contributed by atoms with Gasteiger partial charge in [0.2, 0.25) is 10.0 Å². The minimum absolute atomic E-state index is 0.266. The molecule has 26 heavy (non-hydrogen) atoms. The molecule has 8 heteroatoms. The maximum Gasteiger partial charge on any atom is 0.244 e. The maximum atomic E-state index is 13.2. The van der Waals surface area contributed by atoms with E-state index in [0.717, 1.165) is 15.8 Å². The second-order valence-corrected chi connectivity index (χ2v) is 9.62. The third-order valence-corrected chi connectivity index (χ3v) is 7.80. The first-order chi connectivity index (χ1) is 12.5. The Bertz CT molecular complexity index is 871. The zero-order valence-corrected chi connectivity index (χ0v) is 17.7. The first-order valence-corrected chi connectivity index (χ1v) is 11.4. The minimum Gasteiger partial charge on any atom is -0.496 e. The third-order valence-electron chi connectivity index (χ3n) is 4.05. The number of halogens is 1. The number of methoxy groups -OCH3 is 1. The van der Waals surface area contributed by atoms with Crippen LogP contribution in [0, 0.1) is 0 Å². The summed E-state index contributed by atoms with van der Waals surface area (Å²) in [4.78, 5) is 0.266. The van der Waals surface area contributed by atoms with Crippen LogP contribution in [0.5, 0.6) is 11.5 Å². The van der Waals surface area contributed by atoms with E-state index >= 15 is 0 Å². The predicted octanol–water partition coefficient (Wildman–Crippen LogP) is 4.29. The third kappa shape index (κ3) is 3.88. The van der Waals surface area contributed by atoms with Gasteiger partial charge in [-0.05, 0) is 49.4 Å². The molecule has 0 radical (unpaired) electrons. The number of sulfonamides is 1. The summed E-state index contributed by atoms with van der Waals surface area (Å²) in [5.41, 5.74) is 0.846. The van der Waals surface area contributed by atoms with Crippen LogP contribution in [-0.4, -0.2) is 38.7 Å². The smallest absolute Gasteiger partial charge is 0.244 e. The summed E-state index contributed by atoms with van der Waals surface area (Å²) < 4.78 is 39.7. The number of thioether (sulfide) groups is 1. The van der Waals surface area contributed by atoms with Gasteiger partial charge in [0.05, 0.1) is 24.0 Å². The van der Waals surface area contributed by atoms with E-state index in [4.69, 9.17) is 9.47 Å². The molecule has 5 nitrogen and oxygen atoms in total. The molecule has 1 aliphatic rings. The van der Waals surface area contributed by atoms with Gasteiger partial charge in [-0.15, -0.1) is 11.8 Å². The van der Waals surface area contributed by atoms with Gasteiger partial charge in [0.1, 0.15) is 11.5 Å². The fraction of sp³-hybridized carbons (Fsp3) is 0.333. The first kappa shape index (κ1) is 19.5. The summed E-state index contributed by atoms with van der Waals surface area (Å²) in [6.07, 6.45) is 0. The molecule has 2 aromatic rings. The lowest BCUT2D eigenvalue weighted by Crippen LogP contribution is -2.30. The second kappa shape index (κ2) is 8.21. The fourth-order valence-corrected chi connectivity index (χ4v) is 6.48. The Labute approximate surface area is 166 Å². The van der Waals surface area contributed by atoms with Crippen molar-refractivity contribution in [3.8, 4) is 11.5 Å². The molecule has 0 amide bonds. The Morgan fingerprint density at radius 1 is 1.23 bits per heavy atom. The predicted molar refractivity (Wildman–Crippen MR) is 107 cm³/mol. The highest BCUT2D eigenvalue weighted by Gasteiger charge is 2.38. The van der Waals surface area contributed by atoms with Crippen LogP contribution in [0.3, 0.4) is 0 Å². The molecule has 1 saturated heterocycles. The van der Waals surface area contributed by atoms with Crippen molar-refractivity contribution in [1.82, 2.24) is 4.31 Å². The summed E-state index contributed by atoms with van der Waals surface area (Å²) in [7, 11) is -2.02. The van der Waals surface area contributed by atoms with Crippen molar-refractivity contribution in [3.05, 3.63) is 52.5 Å². The summed E-state index contributed by atoms with van der Waals surface area (Å²) in [5.74, 6) is 2.07. The molecule has 0 aliphatic carbocycles. The lowest BCUT2D eigenvalue weighted by Gasteiger charge is -2.25. The molecule has 2 aromatic carbocycles. The number of rotatable bonds is 6. The van der Waals surface area contributed by atoms with E-state index in [1.807, 2.05) is 25.1 Å². The minimum atomic E-state index is -3.62. The normalized spacial score (nSPS) is 18.0. The number of nitrogens with zero attached hydrogens (tertiary/aromatic N) is 1. The van der Waals surface area contributed by atoms with Crippen LogP contribution in [0.15, 0.2) is 51.8 Å². The standard InChI is InChI=1S/C18H20BrNO4S2/c1-3-24-14-5-7-15(8-6-14)26(21,22)20-10-11-25-18(20)16-12-13(19)4-9-17(16)23-2/h4-9,12,18H,3,10-11H2,1-2H3/t18-/m0/s1. The highest BCUT2D eigenvalue weighted by molar-refractivity contribution is 9.10. The van der Waals surface area contributed by atoms with Crippen LogP contribution in [-0.2, 0) is 10.0 Å². The number of benzene rings is 2. The van der Waals surface area contributed by atoms with Crippen molar-refractivity contribution in [1.29, 1.82) is 0 Å². The summed E-state index contributed by atoms with van der Waals surface area (Å²) in [6.45, 7) is 2.89. The molecule has 0 N–H and O–H groups in total. The number of hydrogen-bond acceptors (Lipinski definition) is 5. The molecular formula is C18H20BrNO4S2. The van der Waals surface area contributed by atoms with Crippen molar-refractivity contribution in [2.75, 3.05) is 26.0 Å². The van der Waals surface area contributed by atoms with Crippen LogP contribution in [0.25, 0.3) is 0 Å². The molecule has 0 bridgehead atoms. The van der Waals surface area contributed by atoms with E-state index in [2.05, 4.69) is 15.9 Å². The van der Waals surface area contributed by atoms with Crippen molar-refractivity contribution >= 4 is 37.7 Å². The first-order valence-electron chi connectivity index (χ1n) is 8.17. The van der Waals surface area contributed by atoms with E-state index < -0.39 is 10.0 Å². The lowest BCUT2D eigenvalue weighted by molar-refractivity contribution is 0.340. The molecule has 0 spiro atoms. The van der Waals surface area contributed by atoms with E-state index in [-0.39, 0.29) is 10.3 Å². The molecule has 0 aromatic heterocycles. The van der Waals surface area contributed by atoms with Gasteiger partial charge in [-0.25, -0.2) is 8.42 Å². The molecule has 1 heterocycles. The molecule has 1 atom stereocenters. The topological polar surface area (TPSA) is 55.8 Å². The Kier molecular flexibility index (Phi) is 6.17. The van der Waals surface area contributed by atoms with Gasteiger partial charge >= 0.3 is 0 Å². The van der Waals surface area contributed by atoms with Gasteiger partial charge in [0, 0.05) is 22.3 Å². The van der Waals surface area contributed by atoms with Gasteiger partial charge < -0.3 is 9.47 Å². The summed E-state index contributed by atoms with van der Waals surface area (Å²) in [5, 5.41) is -0.320. The average Bonchev–Trinajstić information content (AvgIpc) is 3.13. The van der Waals surface area contributed by atoms with Crippen molar-refractivity contribution in [2.45, 2.75) is 17.2 Å². The van der Waals surface area contributed by atoms with Crippen LogP contribution >= 0.6 is 27.7 Å². The fourth-order valence-electron chi connectivity index (χ4n) is 2.85. The van der Waals surface area contributed by atoms with Crippen molar-refractivity contribution < 1.29 is 17.9 Å². The van der Waals surface area contributed by atoms with Gasteiger partial charge in [0.15, 0.2) is 0 Å². The highest BCUT2D eigenvalue weighted by atomic mass is 79.9. The second-order valence-electron chi connectivity index (χ2n) is 5.63. The number of ether oxygens (including phenoxy) is 2. The number of hydrogen-bond donors (Lipinski definition) is 0. The van der Waals surface area contributed by atoms with Crippen LogP contribution in [0.1, 0.15) is 17.9 Å². The lowest BCUT2D eigenvalue weighted by atomic mass is 10.2. The van der Waals surface area contributed by atoms with E-state index in [0.29, 0.717) is 24.7 Å². The zero-order valence-electron chi connectivity index (χ0n) is 14.5. The molecule has 0 saturated carbocycles. The molecule has 0 unspecified atom stereocenters. The Balaban J connectivity index is 1.95. The monoisotopic (exact) mass is 457 g/mol. The van der Waals surface area contributed by atoms with Gasteiger partial charge in [-0.2, -0.15) is 4.31 Å². The molecular weight excluding hydrogens is 438 g/mol. The van der Waals surface area contributed by atoms with Gasteiger partial charge in [-0.1, -0.05) is 15.9 Å². The van der Waals surface area contributed by atoms with Crippen molar-refractivity contribution in [3.63, 3.8) is 0 Å². The molecule has 1 fully saturated rings. The maximum absolute atomic E-state index is 13.2. The average molecular weight is 458 g/mol. The van der Waals surface area contributed by atoms with E-state index in [1.165, 1.54) is 4.31 Å². The zero-order chi connectivity index (χ0) is 18.7. The van der Waals surface area contributed by atoms with Crippen molar-refractivity contribution in [2.24, 2.45) is 0 Å². The van der Waals surface area contributed by atoms with Gasteiger partial charge in [0.25, 0.3) is 0 Å². The largest absolute Gasteiger partial charge is 0.496 e. The SMILES string of the molecule is CCOc1ccc(S(=O)(=O)N2CCS[C@H]2c2cc(Br)ccc2OC)cc1. The molecule has 3 rings (SSSR count). The van der Waals surface area contributed by atoms with Crippen LogP contribution in [0.2, 0.25) is 0 Å². The summed E-state index contributed by atoms with van der Waals surface area (Å²) >= 11 is 5.06. The van der Waals surface area contributed by atoms with Gasteiger partial charge in [-0.3, -0.25) is 0 Å². The Morgan fingerprint density at radius 2 is 1.96 bits per heavy atom. The Morgan fingerprint density at radius 3 is 2.62 bits per heavy atom. The molecule has 1 aliphatic heterocycles. The van der Waals surface area contributed by atoms with Crippen LogP contribution < -0.4 is 9.47 Å². The summed E-state index contributed by atoms with van der Waals surface area (Å²) in [6, 6.07) is 12.2. The van der Waals surface area contributed by atoms with E-state index in [9.17, 15) is 8.42 Å². The Hall–Kier alpha value is -1.22. The van der Waals surface area contributed by atoms with Crippen LogP contribution in [0.4, 0.5) is 0 Å². The molecule has 140 valence electrons. The van der Waals surface area contributed by atoms with E-state index in [1.54, 1.807) is 43.1 Å². The quantitative estimate of drug-likeness (QED) is 0.647.